The average molecular weight is 331 g/mol. The van der Waals surface area contributed by atoms with Crippen LogP contribution in [0.25, 0.3) is 0 Å². The first-order valence-electron chi connectivity index (χ1n) is 9.11. The number of hydrogen-bond donors (Lipinski definition) is 0. The van der Waals surface area contributed by atoms with E-state index in [2.05, 4.69) is 63.8 Å². The molecule has 4 nitrogen and oxygen atoms in total. The summed E-state index contributed by atoms with van der Waals surface area (Å²) < 4.78 is 17.8. The van der Waals surface area contributed by atoms with Gasteiger partial charge >= 0.3 is 7.12 Å². The summed E-state index contributed by atoms with van der Waals surface area (Å²) in [5.41, 5.74) is 1.86. The van der Waals surface area contributed by atoms with Gasteiger partial charge in [-0.3, -0.25) is 4.90 Å². The van der Waals surface area contributed by atoms with Crippen LogP contribution in [0, 0.1) is 0 Å². The van der Waals surface area contributed by atoms with Crippen LogP contribution >= 0.6 is 0 Å². The van der Waals surface area contributed by atoms with Crippen LogP contribution in [0.2, 0.25) is 0 Å². The highest BCUT2D eigenvalue weighted by molar-refractivity contribution is 6.62. The second-order valence-electron chi connectivity index (χ2n) is 7.83. The van der Waals surface area contributed by atoms with Gasteiger partial charge in [0.05, 0.1) is 24.4 Å². The third-order valence-corrected chi connectivity index (χ3v) is 5.72. The highest BCUT2D eigenvalue weighted by Crippen LogP contribution is 2.36. The molecule has 2 fully saturated rings. The maximum Gasteiger partial charge on any atom is 0.494 e. The fourth-order valence-corrected chi connectivity index (χ4v) is 3.45. The number of rotatable bonds is 4. The van der Waals surface area contributed by atoms with E-state index in [1.165, 1.54) is 5.56 Å². The van der Waals surface area contributed by atoms with Crippen LogP contribution in [0.4, 0.5) is 0 Å². The summed E-state index contributed by atoms with van der Waals surface area (Å²) in [6.07, 6.45) is 1.11. The van der Waals surface area contributed by atoms with E-state index in [0.717, 1.165) is 38.2 Å². The average Bonchev–Trinajstić information content (AvgIpc) is 2.78. The Balaban J connectivity index is 1.73. The van der Waals surface area contributed by atoms with E-state index in [1.54, 1.807) is 0 Å². The molecule has 0 aliphatic carbocycles. The fourth-order valence-electron chi connectivity index (χ4n) is 3.45. The van der Waals surface area contributed by atoms with Crippen molar-refractivity contribution in [1.29, 1.82) is 0 Å². The van der Waals surface area contributed by atoms with Crippen LogP contribution in [0.3, 0.4) is 0 Å². The van der Waals surface area contributed by atoms with Gasteiger partial charge in [0.1, 0.15) is 0 Å². The Morgan fingerprint density at radius 1 is 1.00 bits per heavy atom. The molecule has 0 spiro atoms. The first kappa shape index (κ1) is 17.9. The van der Waals surface area contributed by atoms with E-state index in [1.807, 2.05) is 0 Å². The lowest BCUT2D eigenvalue weighted by Crippen LogP contribution is -2.41. The summed E-state index contributed by atoms with van der Waals surface area (Å²) in [5.74, 6) is 0. The van der Waals surface area contributed by atoms with Crippen LogP contribution in [0.15, 0.2) is 24.3 Å². The van der Waals surface area contributed by atoms with Crippen molar-refractivity contribution in [2.45, 2.75) is 58.3 Å². The topological polar surface area (TPSA) is 30.9 Å². The summed E-state index contributed by atoms with van der Waals surface area (Å²) in [4.78, 5) is 2.52. The second-order valence-corrected chi connectivity index (χ2v) is 7.83. The van der Waals surface area contributed by atoms with Gasteiger partial charge in [0.15, 0.2) is 0 Å². The molecule has 2 heterocycles. The first-order chi connectivity index (χ1) is 11.3. The Labute approximate surface area is 146 Å². The van der Waals surface area contributed by atoms with Gasteiger partial charge in [0.2, 0.25) is 0 Å². The van der Waals surface area contributed by atoms with E-state index in [-0.39, 0.29) is 18.3 Å². The molecule has 0 N–H and O–H groups in total. The molecule has 1 atom stereocenters. The van der Waals surface area contributed by atoms with E-state index in [9.17, 15) is 0 Å². The molecule has 5 heteroatoms. The molecule has 2 aliphatic heterocycles. The normalized spacial score (nSPS) is 25.0. The fraction of sp³-hybridized carbons (Fsp3) is 0.684. The van der Waals surface area contributed by atoms with Gasteiger partial charge < -0.3 is 14.0 Å². The van der Waals surface area contributed by atoms with Gasteiger partial charge in [0.25, 0.3) is 0 Å². The minimum absolute atomic E-state index is 0.285. The molecule has 3 rings (SSSR count). The molecular weight excluding hydrogens is 301 g/mol. The van der Waals surface area contributed by atoms with Crippen LogP contribution in [0.1, 0.15) is 52.6 Å². The Morgan fingerprint density at radius 3 is 2.04 bits per heavy atom. The lowest BCUT2D eigenvalue weighted by Gasteiger charge is -2.34. The maximum atomic E-state index is 6.14. The minimum atomic E-state index is -0.296. The van der Waals surface area contributed by atoms with Crippen molar-refractivity contribution in [3.8, 4) is 0 Å². The number of morpholine rings is 1. The standard InChI is InChI=1S/C19H30BNO3/c1-6-17(21-11-13-22-14-12-21)15-7-9-16(10-8-15)20-23-18(2,3)19(4,5)24-20/h7-10,17H,6,11-14H2,1-5H3. The van der Waals surface area contributed by atoms with Gasteiger partial charge in [-0.15, -0.1) is 0 Å². The van der Waals surface area contributed by atoms with Gasteiger partial charge in [-0.25, -0.2) is 0 Å². The van der Waals surface area contributed by atoms with Crippen LogP contribution < -0.4 is 5.46 Å². The van der Waals surface area contributed by atoms with Crippen molar-refractivity contribution in [2.24, 2.45) is 0 Å². The smallest absolute Gasteiger partial charge is 0.399 e. The molecule has 2 aliphatic rings. The zero-order valence-corrected chi connectivity index (χ0v) is 15.7. The minimum Gasteiger partial charge on any atom is -0.399 e. The summed E-state index contributed by atoms with van der Waals surface area (Å²) in [7, 11) is -0.285. The summed E-state index contributed by atoms with van der Waals surface area (Å²) >= 11 is 0. The Hall–Kier alpha value is -0.875. The zero-order valence-electron chi connectivity index (χ0n) is 15.7. The second kappa shape index (κ2) is 6.79. The lowest BCUT2D eigenvalue weighted by molar-refractivity contribution is 0.00578. The molecule has 0 bridgehead atoms. The van der Waals surface area contributed by atoms with Gasteiger partial charge in [-0.1, -0.05) is 31.2 Å². The summed E-state index contributed by atoms with van der Waals surface area (Å²) in [6, 6.07) is 9.22. The monoisotopic (exact) mass is 331 g/mol. The number of hydrogen-bond acceptors (Lipinski definition) is 4. The quantitative estimate of drug-likeness (QED) is 0.794. The molecule has 0 amide bonds. The molecule has 0 saturated carbocycles. The van der Waals surface area contributed by atoms with Crippen molar-refractivity contribution >= 4 is 12.6 Å². The summed E-state index contributed by atoms with van der Waals surface area (Å²) in [6.45, 7) is 14.3. The third-order valence-electron chi connectivity index (χ3n) is 5.72. The molecule has 1 aromatic rings. The largest absolute Gasteiger partial charge is 0.494 e. The Morgan fingerprint density at radius 2 is 1.54 bits per heavy atom. The van der Waals surface area contributed by atoms with Crippen LogP contribution in [-0.2, 0) is 14.0 Å². The SMILES string of the molecule is CCC(c1ccc(B2OC(C)(C)C(C)(C)O2)cc1)N1CCOCC1. The number of ether oxygens (including phenoxy) is 1. The van der Waals surface area contributed by atoms with E-state index in [0.29, 0.717) is 6.04 Å². The predicted molar refractivity (Wildman–Crippen MR) is 97.6 cm³/mol. The molecule has 0 radical (unpaired) electrons. The van der Waals surface area contributed by atoms with Gasteiger partial charge in [-0.05, 0) is 45.1 Å². The molecule has 2 saturated heterocycles. The molecule has 24 heavy (non-hydrogen) atoms. The highest BCUT2D eigenvalue weighted by Gasteiger charge is 2.51. The third kappa shape index (κ3) is 3.41. The van der Waals surface area contributed by atoms with Crippen molar-refractivity contribution in [3.63, 3.8) is 0 Å². The van der Waals surface area contributed by atoms with E-state index in [4.69, 9.17) is 14.0 Å². The van der Waals surface area contributed by atoms with Crippen molar-refractivity contribution in [1.82, 2.24) is 4.90 Å². The van der Waals surface area contributed by atoms with Crippen molar-refractivity contribution < 1.29 is 14.0 Å². The van der Waals surface area contributed by atoms with Crippen molar-refractivity contribution in [3.05, 3.63) is 29.8 Å². The Kier molecular flexibility index (Phi) is 5.08. The lowest BCUT2D eigenvalue weighted by atomic mass is 9.78. The van der Waals surface area contributed by atoms with Gasteiger partial charge in [0, 0.05) is 19.1 Å². The predicted octanol–water partition coefficient (Wildman–Crippen LogP) is 2.77. The molecular formula is C19H30BNO3. The highest BCUT2D eigenvalue weighted by atomic mass is 16.7. The first-order valence-corrected chi connectivity index (χ1v) is 9.11. The van der Waals surface area contributed by atoms with E-state index < -0.39 is 0 Å². The molecule has 1 aromatic carbocycles. The van der Waals surface area contributed by atoms with E-state index >= 15 is 0 Å². The number of nitrogens with zero attached hydrogens (tertiary/aromatic N) is 1. The maximum absolute atomic E-state index is 6.14. The zero-order chi connectivity index (χ0) is 17.4. The molecule has 132 valence electrons. The molecule has 1 unspecified atom stereocenters. The van der Waals surface area contributed by atoms with Crippen molar-refractivity contribution in [2.75, 3.05) is 26.3 Å². The Bertz CT molecular complexity index is 536. The van der Waals surface area contributed by atoms with Gasteiger partial charge in [-0.2, -0.15) is 0 Å². The molecule has 0 aromatic heterocycles. The van der Waals surface area contributed by atoms with Crippen LogP contribution in [0.5, 0.6) is 0 Å². The summed E-state index contributed by atoms with van der Waals surface area (Å²) in [5, 5.41) is 0. The number of benzene rings is 1. The van der Waals surface area contributed by atoms with Crippen LogP contribution in [-0.4, -0.2) is 49.5 Å².